The van der Waals surface area contributed by atoms with E-state index >= 15 is 0 Å². The summed E-state index contributed by atoms with van der Waals surface area (Å²) in [6.45, 7) is 0. The molecule has 0 unspecified atom stereocenters. The lowest BCUT2D eigenvalue weighted by molar-refractivity contribution is 0.799. The maximum Gasteiger partial charge on any atom is 0.266 e. The second-order valence-electron chi connectivity index (χ2n) is 3.49. The van der Waals surface area contributed by atoms with E-state index in [0.717, 1.165) is 18.0 Å². The van der Waals surface area contributed by atoms with Crippen molar-refractivity contribution in [3.63, 3.8) is 0 Å². The number of pyridine rings is 1. The minimum absolute atomic E-state index is 0.194. The molecule has 0 bridgehead atoms. The molecule has 0 atom stereocenters. The van der Waals surface area contributed by atoms with Gasteiger partial charge in [0.1, 0.15) is 11.6 Å². The first kappa shape index (κ1) is 8.06. The summed E-state index contributed by atoms with van der Waals surface area (Å²) < 4.78 is 0. The highest BCUT2D eigenvalue weighted by Gasteiger charge is 2.21. The van der Waals surface area contributed by atoms with Crippen molar-refractivity contribution in [2.24, 2.45) is 5.92 Å². The number of hydrogen-bond donors (Lipinski definition) is 1. The predicted octanol–water partition coefficient (Wildman–Crippen LogP) is 1.20. The maximum atomic E-state index is 11.2. The first-order valence-corrected chi connectivity index (χ1v) is 4.42. The Morgan fingerprint density at radius 3 is 2.85 bits per heavy atom. The van der Waals surface area contributed by atoms with Crippen molar-refractivity contribution >= 4 is 0 Å². The van der Waals surface area contributed by atoms with Crippen LogP contribution in [0.25, 0.3) is 0 Å². The van der Waals surface area contributed by atoms with Crippen molar-refractivity contribution < 1.29 is 0 Å². The monoisotopic (exact) mass is 174 g/mol. The van der Waals surface area contributed by atoms with Crippen LogP contribution in [0.4, 0.5) is 0 Å². The fourth-order valence-corrected chi connectivity index (χ4v) is 1.35. The van der Waals surface area contributed by atoms with Crippen LogP contribution in [0, 0.1) is 17.2 Å². The van der Waals surface area contributed by atoms with Crippen LogP contribution < -0.4 is 5.56 Å². The standard InChI is InChI=1S/C10H10N2O/c11-6-8-3-4-9(12-10(8)13)5-7-1-2-7/h3-4,7H,1-2,5H2,(H,12,13). The Balaban J connectivity index is 2.25. The molecule has 13 heavy (non-hydrogen) atoms. The van der Waals surface area contributed by atoms with Gasteiger partial charge in [-0.3, -0.25) is 4.79 Å². The molecule has 3 nitrogen and oxygen atoms in total. The average Bonchev–Trinajstić information content (AvgIpc) is 2.89. The molecule has 1 N–H and O–H groups in total. The van der Waals surface area contributed by atoms with E-state index < -0.39 is 0 Å². The summed E-state index contributed by atoms with van der Waals surface area (Å²) in [4.78, 5) is 13.9. The lowest BCUT2D eigenvalue weighted by atomic mass is 10.2. The first-order valence-electron chi connectivity index (χ1n) is 4.42. The van der Waals surface area contributed by atoms with Gasteiger partial charge in [-0.05, 0) is 37.3 Å². The Morgan fingerprint density at radius 2 is 2.31 bits per heavy atom. The lowest BCUT2D eigenvalue weighted by Crippen LogP contribution is -2.12. The second kappa shape index (κ2) is 3.06. The van der Waals surface area contributed by atoms with Crippen LogP contribution >= 0.6 is 0 Å². The van der Waals surface area contributed by atoms with Crippen LogP contribution in [0.15, 0.2) is 16.9 Å². The van der Waals surface area contributed by atoms with Gasteiger partial charge in [-0.2, -0.15) is 5.26 Å². The third kappa shape index (κ3) is 1.78. The number of H-pyrrole nitrogens is 1. The highest BCUT2D eigenvalue weighted by molar-refractivity contribution is 5.26. The fraction of sp³-hybridized carbons (Fsp3) is 0.400. The molecule has 0 aliphatic heterocycles. The van der Waals surface area contributed by atoms with Crippen molar-refractivity contribution in [1.82, 2.24) is 4.98 Å². The third-order valence-electron chi connectivity index (χ3n) is 2.30. The molecular weight excluding hydrogens is 164 g/mol. The summed E-state index contributed by atoms with van der Waals surface area (Å²) in [5.74, 6) is 0.753. The Morgan fingerprint density at radius 1 is 1.54 bits per heavy atom. The Kier molecular flexibility index (Phi) is 1.90. The number of rotatable bonds is 2. The summed E-state index contributed by atoms with van der Waals surface area (Å²) >= 11 is 0. The molecule has 3 heteroatoms. The van der Waals surface area contributed by atoms with Crippen LogP contribution in [-0.2, 0) is 6.42 Å². The van der Waals surface area contributed by atoms with Crippen molar-refractivity contribution in [2.45, 2.75) is 19.3 Å². The van der Waals surface area contributed by atoms with Crippen molar-refractivity contribution in [3.05, 3.63) is 33.7 Å². The van der Waals surface area contributed by atoms with Gasteiger partial charge in [-0.25, -0.2) is 0 Å². The number of nitrogens with one attached hydrogen (secondary N) is 1. The SMILES string of the molecule is N#Cc1ccc(CC2CC2)[nH]c1=O. The molecule has 1 fully saturated rings. The van der Waals surface area contributed by atoms with E-state index in [2.05, 4.69) is 4.98 Å². The maximum absolute atomic E-state index is 11.2. The summed E-state index contributed by atoms with van der Waals surface area (Å²) in [5.41, 5.74) is 0.881. The quantitative estimate of drug-likeness (QED) is 0.732. The van der Waals surface area contributed by atoms with Gasteiger partial charge in [0.05, 0.1) is 0 Å². The summed E-state index contributed by atoms with van der Waals surface area (Å²) in [6.07, 6.45) is 3.48. The first-order chi connectivity index (χ1) is 6.29. The Labute approximate surface area is 76.0 Å². The van der Waals surface area contributed by atoms with E-state index in [1.165, 1.54) is 12.8 Å². The molecule has 0 amide bonds. The Bertz CT molecular complexity index is 410. The van der Waals surface area contributed by atoms with Gasteiger partial charge in [0.25, 0.3) is 5.56 Å². The fourth-order valence-electron chi connectivity index (χ4n) is 1.35. The molecule has 1 aromatic rings. The normalized spacial score (nSPS) is 15.3. The Hall–Kier alpha value is -1.56. The predicted molar refractivity (Wildman–Crippen MR) is 48.2 cm³/mol. The summed E-state index contributed by atoms with van der Waals surface area (Å²) in [7, 11) is 0. The summed E-state index contributed by atoms with van der Waals surface area (Å²) in [5, 5.41) is 8.53. The zero-order valence-electron chi connectivity index (χ0n) is 7.21. The molecule has 1 saturated carbocycles. The molecule has 1 heterocycles. The zero-order valence-corrected chi connectivity index (χ0v) is 7.21. The molecular formula is C10H10N2O. The van der Waals surface area contributed by atoms with Crippen LogP contribution in [-0.4, -0.2) is 4.98 Å². The molecule has 2 rings (SSSR count). The van der Waals surface area contributed by atoms with Crippen LogP contribution in [0.2, 0.25) is 0 Å². The van der Waals surface area contributed by atoms with Gasteiger partial charge in [0, 0.05) is 5.69 Å². The van der Waals surface area contributed by atoms with Crippen LogP contribution in [0.3, 0.4) is 0 Å². The zero-order chi connectivity index (χ0) is 9.26. The van der Waals surface area contributed by atoms with Crippen molar-refractivity contribution in [2.75, 3.05) is 0 Å². The lowest BCUT2D eigenvalue weighted by Gasteiger charge is -1.97. The number of aromatic amines is 1. The summed E-state index contributed by atoms with van der Waals surface area (Å²) in [6, 6.07) is 5.27. The molecule has 66 valence electrons. The second-order valence-corrected chi connectivity index (χ2v) is 3.49. The van der Waals surface area contributed by atoms with Gasteiger partial charge < -0.3 is 4.98 Å². The molecule has 1 aromatic heterocycles. The topological polar surface area (TPSA) is 56.6 Å². The van der Waals surface area contributed by atoms with E-state index in [9.17, 15) is 4.79 Å². The molecule has 0 spiro atoms. The minimum Gasteiger partial charge on any atom is -0.325 e. The number of nitrogens with zero attached hydrogens (tertiary/aromatic N) is 1. The molecule has 0 saturated heterocycles. The van der Waals surface area contributed by atoms with E-state index in [-0.39, 0.29) is 11.1 Å². The van der Waals surface area contributed by atoms with Gasteiger partial charge in [0.2, 0.25) is 0 Å². The van der Waals surface area contributed by atoms with E-state index in [0.29, 0.717) is 0 Å². The van der Waals surface area contributed by atoms with E-state index in [4.69, 9.17) is 5.26 Å². The van der Waals surface area contributed by atoms with Gasteiger partial charge >= 0.3 is 0 Å². The van der Waals surface area contributed by atoms with Crippen LogP contribution in [0.1, 0.15) is 24.1 Å². The van der Waals surface area contributed by atoms with Crippen molar-refractivity contribution in [1.29, 1.82) is 5.26 Å². The average molecular weight is 174 g/mol. The van der Waals surface area contributed by atoms with Crippen molar-refractivity contribution in [3.8, 4) is 6.07 Å². The number of nitriles is 1. The van der Waals surface area contributed by atoms with Gasteiger partial charge in [-0.1, -0.05) is 0 Å². The largest absolute Gasteiger partial charge is 0.325 e. The minimum atomic E-state index is -0.263. The molecule has 1 aliphatic carbocycles. The molecule has 0 aromatic carbocycles. The number of hydrogen-bond acceptors (Lipinski definition) is 2. The molecule has 0 radical (unpaired) electrons. The smallest absolute Gasteiger partial charge is 0.266 e. The van der Waals surface area contributed by atoms with Crippen LogP contribution in [0.5, 0.6) is 0 Å². The highest BCUT2D eigenvalue weighted by atomic mass is 16.1. The third-order valence-corrected chi connectivity index (χ3v) is 2.30. The van der Waals surface area contributed by atoms with Gasteiger partial charge in [-0.15, -0.1) is 0 Å². The number of aromatic nitrogens is 1. The highest BCUT2D eigenvalue weighted by Crippen LogP contribution is 2.31. The molecule has 1 aliphatic rings. The van der Waals surface area contributed by atoms with E-state index in [1.807, 2.05) is 12.1 Å². The van der Waals surface area contributed by atoms with E-state index in [1.54, 1.807) is 6.07 Å². The van der Waals surface area contributed by atoms with Gasteiger partial charge in [0.15, 0.2) is 0 Å².